The molecule has 2 unspecified atom stereocenters. The lowest BCUT2D eigenvalue weighted by molar-refractivity contribution is 0.0499. The minimum atomic E-state index is -0.466. The summed E-state index contributed by atoms with van der Waals surface area (Å²) >= 11 is 0. The molecule has 0 aliphatic rings. The summed E-state index contributed by atoms with van der Waals surface area (Å²) in [6.45, 7) is 8.68. The number of aryl methyl sites for hydroxylation is 1. The number of aliphatic hydroxyl groups excluding tert-OH is 1. The van der Waals surface area contributed by atoms with Gasteiger partial charge < -0.3 is 14.6 Å². The molecule has 0 aliphatic carbocycles. The first-order valence-electron chi connectivity index (χ1n) is 9.25. The molecule has 2 atom stereocenters. The van der Waals surface area contributed by atoms with E-state index in [0.717, 1.165) is 24.2 Å². The zero-order chi connectivity index (χ0) is 19.2. The van der Waals surface area contributed by atoms with E-state index < -0.39 is 6.10 Å². The molecule has 2 aromatic rings. The fraction of sp³-hybridized carbons (Fsp3) is 0.455. The Morgan fingerprint density at radius 3 is 2.42 bits per heavy atom. The smallest absolute Gasteiger partial charge is 0.188 e. The average Bonchev–Trinajstić information content (AvgIpc) is 2.65. The van der Waals surface area contributed by atoms with Gasteiger partial charge in [-0.15, -0.1) is 0 Å². The molecule has 0 radical (unpaired) electrons. The van der Waals surface area contributed by atoms with Gasteiger partial charge in [-0.1, -0.05) is 64.4 Å². The quantitative estimate of drug-likeness (QED) is 0.493. The van der Waals surface area contributed by atoms with Crippen LogP contribution in [0.4, 0.5) is 0 Å². The fourth-order valence-electron chi connectivity index (χ4n) is 3.37. The zero-order valence-corrected chi connectivity index (χ0v) is 17.5. The molecule has 0 fully saturated rings. The second kappa shape index (κ2) is 9.50. The molecule has 0 bridgehead atoms. The number of hydrogen-bond acceptors (Lipinski definition) is 3. The van der Waals surface area contributed by atoms with Gasteiger partial charge in [0.1, 0.15) is 5.75 Å². The van der Waals surface area contributed by atoms with Gasteiger partial charge in [0.05, 0.1) is 6.10 Å². The van der Waals surface area contributed by atoms with Crippen molar-refractivity contribution in [3.8, 4) is 5.75 Å². The van der Waals surface area contributed by atoms with E-state index in [1.54, 1.807) is 7.11 Å². The first kappa shape index (κ1) is 20.9. The number of methoxy groups -OCH3 is 1. The molecule has 0 aliphatic heterocycles. The van der Waals surface area contributed by atoms with Gasteiger partial charge in [0.2, 0.25) is 0 Å². The fourth-order valence-corrected chi connectivity index (χ4v) is 5.19. The normalized spacial score (nSPS) is 13.3. The summed E-state index contributed by atoms with van der Waals surface area (Å²) < 4.78 is 11.0. The Kier molecular flexibility index (Phi) is 7.64. The zero-order valence-electron chi connectivity index (χ0n) is 16.5. The summed E-state index contributed by atoms with van der Waals surface area (Å²) in [6.07, 6.45) is 1.54. The highest BCUT2D eigenvalue weighted by Gasteiger charge is 2.33. The van der Waals surface area contributed by atoms with Crippen molar-refractivity contribution < 1.29 is 14.6 Å². The summed E-state index contributed by atoms with van der Waals surface area (Å²) in [7, 11) is 2.19. The third-order valence-corrected chi connectivity index (χ3v) is 7.15. The molecule has 0 aromatic heterocycles. The summed E-state index contributed by atoms with van der Waals surface area (Å²) in [6, 6.07) is 14.6. The molecule has 1 N–H and O–H groups in total. The minimum absolute atomic E-state index is 0.0277. The van der Waals surface area contributed by atoms with Crippen molar-refractivity contribution in [1.29, 1.82) is 0 Å². The predicted molar refractivity (Wildman–Crippen MR) is 111 cm³/mol. The van der Waals surface area contributed by atoms with Crippen LogP contribution in [0, 0.1) is 6.92 Å². The third-order valence-electron chi connectivity index (χ3n) is 4.97. The van der Waals surface area contributed by atoms with E-state index in [1.807, 2.05) is 19.1 Å². The van der Waals surface area contributed by atoms with Crippen molar-refractivity contribution in [1.82, 2.24) is 0 Å². The van der Waals surface area contributed by atoms with E-state index in [2.05, 4.69) is 51.1 Å². The standard InChI is InChI=1S/C22H31O3P/c1-6-22(7-2,26-21-11-9-8-10-18(21)17(4)23)19-14-16(3)12-13-20(19)25-15-24-5/h8-14,17,23,26H,6-7,15H2,1-5H3. The van der Waals surface area contributed by atoms with Gasteiger partial charge in [0.25, 0.3) is 0 Å². The molecule has 0 saturated heterocycles. The SMILES string of the molecule is CCC(CC)(Pc1ccccc1C(C)O)c1cc(C)ccc1OCOC. The number of hydrogen-bond donors (Lipinski definition) is 1. The molecular formula is C22H31O3P. The van der Waals surface area contributed by atoms with Crippen LogP contribution in [0.1, 0.15) is 56.4 Å². The number of rotatable bonds is 9. The second-order valence-electron chi connectivity index (χ2n) is 6.73. The van der Waals surface area contributed by atoms with Crippen molar-refractivity contribution in [3.63, 3.8) is 0 Å². The molecule has 2 aromatic carbocycles. The minimum Gasteiger partial charge on any atom is -0.467 e. The molecule has 142 valence electrons. The Hall–Kier alpha value is -1.41. The van der Waals surface area contributed by atoms with Gasteiger partial charge in [-0.05, 0) is 43.6 Å². The summed E-state index contributed by atoms with van der Waals surface area (Å²) in [5, 5.41) is 11.4. The topological polar surface area (TPSA) is 38.7 Å². The van der Waals surface area contributed by atoms with Gasteiger partial charge in [-0.3, -0.25) is 0 Å². The van der Waals surface area contributed by atoms with Crippen LogP contribution >= 0.6 is 8.58 Å². The molecule has 2 rings (SSSR count). The first-order chi connectivity index (χ1) is 12.5. The van der Waals surface area contributed by atoms with E-state index in [4.69, 9.17) is 9.47 Å². The molecule has 0 heterocycles. The molecule has 0 saturated carbocycles. The van der Waals surface area contributed by atoms with Crippen LogP contribution in [-0.4, -0.2) is 19.0 Å². The highest BCUT2D eigenvalue weighted by atomic mass is 31.1. The molecule has 4 heteroatoms. The molecule has 26 heavy (non-hydrogen) atoms. The second-order valence-corrected chi connectivity index (χ2v) is 8.47. The molecular weight excluding hydrogens is 343 g/mol. The van der Waals surface area contributed by atoms with Gasteiger partial charge in [-0.25, -0.2) is 0 Å². The van der Waals surface area contributed by atoms with E-state index in [-0.39, 0.29) is 11.9 Å². The first-order valence-corrected chi connectivity index (χ1v) is 10.3. The predicted octanol–water partition coefficient (Wildman–Crippen LogP) is 5.05. The molecule has 3 nitrogen and oxygen atoms in total. The van der Waals surface area contributed by atoms with Crippen LogP contribution in [0.25, 0.3) is 0 Å². The Labute approximate surface area is 159 Å². The lowest BCUT2D eigenvalue weighted by atomic mass is 9.90. The highest BCUT2D eigenvalue weighted by Crippen LogP contribution is 2.50. The maximum atomic E-state index is 10.2. The average molecular weight is 374 g/mol. The van der Waals surface area contributed by atoms with Crippen molar-refractivity contribution >= 4 is 13.9 Å². The van der Waals surface area contributed by atoms with Crippen molar-refractivity contribution in [2.45, 2.75) is 51.8 Å². The largest absolute Gasteiger partial charge is 0.467 e. The summed E-state index contributed by atoms with van der Waals surface area (Å²) in [4.78, 5) is 0. The highest BCUT2D eigenvalue weighted by molar-refractivity contribution is 7.48. The van der Waals surface area contributed by atoms with Gasteiger partial charge in [0.15, 0.2) is 6.79 Å². The Bertz CT molecular complexity index is 708. The van der Waals surface area contributed by atoms with Crippen LogP contribution in [0.3, 0.4) is 0 Å². The molecule has 0 amide bonds. The number of benzene rings is 2. The van der Waals surface area contributed by atoms with Crippen molar-refractivity contribution in [3.05, 3.63) is 59.2 Å². The number of aliphatic hydroxyl groups is 1. The lowest BCUT2D eigenvalue weighted by Gasteiger charge is -2.35. The van der Waals surface area contributed by atoms with Crippen molar-refractivity contribution in [2.24, 2.45) is 0 Å². The van der Waals surface area contributed by atoms with E-state index in [0.29, 0.717) is 8.58 Å². The van der Waals surface area contributed by atoms with Crippen LogP contribution in [0.15, 0.2) is 42.5 Å². The maximum absolute atomic E-state index is 10.2. The van der Waals surface area contributed by atoms with Crippen LogP contribution in [0.5, 0.6) is 5.75 Å². The van der Waals surface area contributed by atoms with Gasteiger partial charge in [-0.2, -0.15) is 0 Å². The summed E-state index contributed by atoms with van der Waals surface area (Å²) in [5.41, 5.74) is 3.48. The van der Waals surface area contributed by atoms with Gasteiger partial charge >= 0.3 is 0 Å². The van der Waals surface area contributed by atoms with Crippen LogP contribution in [-0.2, 0) is 9.89 Å². The Morgan fingerprint density at radius 1 is 1.12 bits per heavy atom. The van der Waals surface area contributed by atoms with E-state index >= 15 is 0 Å². The summed E-state index contributed by atoms with van der Waals surface area (Å²) in [5.74, 6) is 0.892. The monoisotopic (exact) mass is 374 g/mol. The van der Waals surface area contributed by atoms with E-state index in [9.17, 15) is 5.11 Å². The third kappa shape index (κ3) is 4.65. The maximum Gasteiger partial charge on any atom is 0.188 e. The number of ether oxygens (including phenoxy) is 2. The van der Waals surface area contributed by atoms with E-state index in [1.165, 1.54) is 16.4 Å². The van der Waals surface area contributed by atoms with Crippen LogP contribution in [0.2, 0.25) is 0 Å². The molecule has 0 spiro atoms. The van der Waals surface area contributed by atoms with Gasteiger partial charge in [0, 0.05) is 17.8 Å². The lowest BCUT2D eigenvalue weighted by Crippen LogP contribution is -2.24. The Morgan fingerprint density at radius 2 is 1.81 bits per heavy atom. The van der Waals surface area contributed by atoms with Crippen molar-refractivity contribution in [2.75, 3.05) is 13.9 Å². The van der Waals surface area contributed by atoms with Crippen LogP contribution < -0.4 is 10.0 Å². The Balaban J connectivity index is 2.53.